The molecule has 4 heterocycles. The van der Waals surface area contributed by atoms with Crippen molar-refractivity contribution in [1.29, 1.82) is 0 Å². The van der Waals surface area contributed by atoms with E-state index < -0.39 is 47.8 Å². The smallest absolute Gasteiger partial charge is 0.253 e. The summed E-state index contributed by atoms with van der Waals surface area (Å²) >= 11 is 0. The number of amides is 4. The van der Waals surface area contributed by atoms with E-state index in [9.17, 15) is 19.2 Å². The Bertz CT molecular complexity index is 1750. The highest BCUT2D eigenvalue weighted by Gasteiger charge is 2.74. The van der Waals surface area contributed by atoms with E-state index in [4.69, 9.17) is 9.47 Å². The lowest BCUT2D eigenvalue weighted by molar-refractivity contribution is -0.136. The molecule has 10 heteroatoms. The maximum Gasteiger partial charge on any atom is 0.253 e. The van der Waals surface area contributed by atoms with Crippen molar-refractivity contribution in [3.63, 3.8) is 0 Å². The molecule has 0 bridgehead atoms. The number of rotatable bonds is 6. The largest absolute Gasteiger partial charge is 0.496 e. The number of para-hydroxylation sites is 4. The molecule has 4 aliphatic heterocycles. The second-order valence-electron chi connectivity index (χ2n) is 11.8. The number of hydrogen-bond donors (Lipinski definition) is 0. The van der Waals surface area contributed by atoms with Gasteiger partial charge >= 0.3 is 0 Å². The van der Waals surface area contributed by atoms with E-state index in [0.717, 1.165) is 0 Å². The van der Waals surface area contributed by atoms with Crippen LogP contribution in [0.3, 0.4) is 0 Å². The third kappa shape index (κ3) is 3.77. The van der Waals surface area contributed by atoms with Crippen LogP contribution in [-0.2, 0) is 19.2 Å². The van der Waals surface area contributed by atoms with Gasteiger partial charge in [-0.05, 0) is 36.4 Å². The quantitative estimate of drug-likeness (QED) is 0.299. The average molecular weight is 615 g/mol. The molecule has 46 heavy (non-hydrogen) atoms. The van der Waals surface area contributed by atoms with Crippen molar-refractivity contribution in [2.45, 2.75) is 24.2 Å². The van der Waals surface area contributed by atoms with E-state index in [2.05, 4.69) is 0 Å². The molecule has 230 valence electrons. The molecule has 0 spiro atoms. The molecule has 0 aliphatic carbocycles. The minimum absolute atomic E-state index is 0.376. The molecular weight excluding hydrogens is 584 g/mol. The SMILES string of the molecule is COc1ccccc1[C@@H]1[C@@H]2C(=O)N(c3ccccc3)C(=O)[C@@H]2N2[C@H](c3ccccc3OC)[C@@H]3C(=O)N(c4ccccc4)C(=O)[C@@H]3N12. The number of anilines is 2. The summed E-state index contributed by atoms with van der Waals surface area (Å²) in [4.78, 5) is 60.7. The van der Waals surface area contributed by atoms with Crippen molar-refractivity contribution in [3.05, 3.63) is 120 Å². The van der Waals surface area contributed by atoms with E-state index in [1.165, 1.54) is 9.80 Å². The molecule has 4 aromatic rings. The van der Waals surface area contributed by atoms with Crippen LogP contribution in [0.15, 0.2) is 109 Å². The fourth-order valence-corrected chi connectivity index (χ4v) is 7.93. The predicted octanol–water partition coefficient (Wildman–Crippen LogP) is 4.15. The van der Waals surface area contributed by atoms with Crippen LogP contribution in [0.5, 0.6) is 11.5 Å². The van der Waals surface area contributed by atoms with E-state index in [0.29, 0.717) is 34.0 Å². The van der Waals surface area contributed by atoms with Gasteiger partial charge in [-0.25, -0.2) is 19.8 Å². The molecule has 0 N–H and O–H groups in total. The van der Waals surface area contributed by atoms with Gasteiger partial charge in [0.05, 0.1) is 49.5 Å². The Balaban J connectivity index is 1.37. The third-order valence-electron chi connectivity index (χ3n) is 9.67. The highest BCUT2D eigenvalue weighted by atomic mass is 16.5. The maximum atomic E-state index is 14.6. The Morgan fingerprint density at radius 1 is 0.435 bits per heavy atom. The Hall–Kier alpha value is -5.32. The summed E-state index contributed by atoms with van der Waals surface area (Å²) in [5.74, 6) is -2.34. The van der Waals surface area contributed by atoms with Gasteiger partial charge in [0.1, 0.15) is 23.6 Å². The number of carbonyl (C=O) groups excluding carboxylic acids is 4. The summed E-state index contributed by atoms with van der Waals surface area (Å²) in [6.45, 7) is 0. The zero-order valence-electron chi connectivity index (χ0n) is 25.1. The van der Waals surface area contributed by atoms with Crippen LogP contribution in [0.1, 0.15) is 23.2 Å². The van der Waals surface area contributed by atoms with Gasteiger partial charge in [0, 0.05) is 11.1 Å². The van der Waals surface area contributed by atoms with Gasteiger partial charge in [-0.3, -0.25) is 19.2 Å². The molecule has 4 amide bonds. The van der Waals surface area contributed by atoms with Gasteiger partial charge in [-0.15, -0.1) is 0 Å². The van der Waals surface area contributed by atoms with E-state index in [1.807, 2.05) is 58.5 Å². The first-order chi connectivity index (χ1) is 22.5. The summed E-state index contributed by atoms with van der Waals surface area (Å²) in [5, 5.41) is 3.66. The first-order valence-electron chi connectivity index (χ1n) is 15.2. The predicted molar refractivity (Wildman–Crippen MR) is 168 cm³/mol. The van der Waals surface area contributed by atoms with Gasteiger partial charge in [0.2, 0.25) is 11.8 Å². The standard InChI is InChI=1S/C36H30N4O6/c1-45-25-19-11-9-17-23(25)29-27-31(35(43)37(33(27)41)21-13-5-3-6-14-21)40-30(24-18-10-12-20-26(24)46-2)28-32(39(29)40)36(44)38(34(28)42)22-15-7-4-8-16-22/h3-20,27-32H,1-2H3/t27-,28-,29+,30+,31+,32+/m0/s1. The molecule has 0 radical (unpaired) electrons. The summed E-state index contributed by atoms with van der Waals surface area (Å²) in [5.41, 5.74) is 2.23. The van der Waals surface area contributed by atoms with E-state index in [-0.39, 0.29) is 11.8 Å². The normalized spacial score (nSPS) is 27.3. The second kappa shape index (κ2) is 10.6. The molecule has 10 nitrogen and oxygen atoms in total. The minimum atomic E-state index is -0.992. The number of fused-ring (bicyclic) bond motifs is 5. The molecule has 0 aromatic heterocycles. The van der Waals surface area contributed by atoms with Crippen LogP contribution in [0.2, 0.25) is 0 Å². The van der Waals surface area contributed by atoms with Crippen LogP contribution in [0.25, 0.3) is 0 Å². The van der Waals surface area contributed by atoms with Gasteiger partial charge < -0.3 is 9.47 Å². The van der Waals surface area contributed by atoms with Crippen molar-refractivity contribution in [1.82, 2.24) is 10.0 Å². The summed E-state index contributed by atoms with van der Waals surface area (Å²) in [6.07, 6.45) is 0. The lowest BCUT2D eigenvalue weighted by atomic mass is 9.83. The van der Waals surface area contributed by atoms with Crippen molar-refractivity contribution >= 4 is 35.0 Å². The first kappa shape index (κ1) is 28.2. The number of carbonyl (C=O) groups is 4. The summed E-state index contributed by atoms with van der Waals surface area (Å²) in [6, 6.07) is 28.8. The van der Waals surface area contributed by atoms with E-state index in [1.54, 1.807) is 74.9 Å². The van der Waals surface area contributed by atoms with Crippen LogP contribution in [0, 0.1) is 11.8 Å². The molecule has 4 aliphatic rings. The number of ether oxygens (including phenoxy) is 2. The Morgan fingerprint density at radius 2 is 0.783 bits per heavy atom. The zero-order valence-corrected chi connectivity index (χ0v) is 25.1. The maximum absolute atomic E-state index is 14.6. The molecule has 0 unspecified atom stereocenters. The number of hydrazine groups is 1. The highest BCUT2D eigenvalue weighted by Crippen LogP contribution is 2.61. The first-order valence-corrected chi connectivity index (χ1v) is 15.2. The van der Waals surface area contributed by atoms with Crippen LogP contribution in [0.4, 0.5) is 11.4 Å². The molecule has 6 atom stereocenters. The fraction of sp³-hybridized carbons (Fsp3) is 0.222. The Kier molecular flexibility index (Phi) is 6.52. The van der Waals surface area contributed by atoms with Gasteiger partial charge in [-0.2, -0.15) is 0 Å². The number of methoxy groups -OCH3 is 2. The Labute approximate surface area is 265 Å². The van der Waals surface area contributed by atoms with Gasteiger partial charge in [0.15, 0.2) is 0 Å². The van der Waals surface area contributed by atoms with Crippen molar-refractivity contribution < 1.29 is 28.7 Å². The number of benzene rings is 4. The second-order valence-corrected chi connectivity index (χ2v) is 11.8. The van der Waals surface area contributed by atoms with Crippen molar-refractivity contribution in [3.8, 4) is 11.5 Å². The van der Waals surface area contributed by atoms with Crippen LogP contribution in [-0.4, -0.2) is 59.9 Å². The zero-order chi connectivity index (χ0) is 31.7. The van der Waals surface area contributed by atoms with Crippen LogP contribution < -0.4 is 19.3 Å². The molecule has 4 saturated heterocycles. The number of imide groups is 2. The van der Waals surface area contributed by atoms with Crippen molar-refractivity contribution in [2.75, 3.05) is 24.0 Å². The third-order valence-corrected chi connectivity index (χ3v) is 9.67. The molecular formula is C36H30N4O6. The fourth-order valence-electron chi connectivity index (χ4n) is 7.93. The molecule has 4 aromatic carbocycles. The topological polar surface area (TPSA) is 99.7 Å². The van der Waals surface area contributed by atoms with Gasteiger partial charge in [0.25, 0.3) is 11.8 Å². The average Bonchev–Trinajstić information content (AvgIpc) is 3.76. The highest BCUT2D eigenvalue weighted by molar-refractivity contribution is 6.26. The summed E-state index contributed by atoms with van der Waals surface area (Å²) in [7, 11) is 3.10. The number of nitrogens with zero attached hydrogens (tertiary/aromatic N) is 4. The van der Waals surface area contributed by atoms with Gasteiger partial charge in [-0.1, -0.05) is 72.8 Å². The monoisotopic (exact) mass is 614 g/mol. The lowest BCUT2D eigenvalue weighted by Crippen LogP contribution is -2.50. The Morgan fingerprint density at radius 3 is 1.15 bits per heavy atom. The minimum Gasteiger partial charge on any atom is -0.496 e. The van der Waals surface area contributed by atoms with Crippen LogP contribution >= 0.6 is 0 Å². The molecule has 0 saturated carbocycles. The summed E-state index contributed by atoms with van der Waals surface area (Å²) < 4.78 is 11.6. The number of hydrogen-bond acceptors (Lipinski definition) is 8. The molecule has 4 fully saturated rings. The lowest BCUT2D eigenvalue weighted by Gasteiger charge is -2.36. The van der Waals surface area contributed by atoms with Crippen molar-refractivity contribution in [2.24, 2.45) is 11.8 Å². The molecule has 8 rings (SSSR count). The van der Waals surface area contributed by atoms with E-state index >= 15 is 0 Å².